The molecule has 1 aromatic carbocycles. The molecule has 0 radical (unpaired) electrons. The average Bonchev–Trinajstić information content (AvgIpc) is 2.93. The monoisotopic (exact) mass is 292 g/mol. The minimum absolute atomic E-state index is 0.164. The molecule has 0 bridgehead atoms. The molecular weight excluding hydrogens is 275 g/mol. The second-order valence-corrected chi connectivity index (χ2v) is 5.31. The van der Waals surface area contributed by atoms with Gasteiger partial charge in [-0.1, -0.05) is 6.07 Å². The molecule has 1 aromatic rings. The van der Waals surface area contributed by atoms with E-state index in [4.69, 9.17) is 4.74 Å². The number of hydrogen-bond acceptors (Lipinski definition) is 4. The normalized spacial score (nSPS) is 23.2. The Balaban J connectivity index is 1.60. The van der Waals surface area contributed by atoms with Crippen molar-refractivity contribution in [2.45, 2.75) is 12.5 Å². The highest BCUT2D eigenvalue weighted by Crippen LogP contribution is 2.17. The lowest BCUT2D eigenvalue weighted by Gasteiger charge is -2.36. The number of hydrogen-bond donors (Lipinski definition) is 0. The number of piperazine rings is 1. The Labute approximate surface area is 122 Å². The van der Waals surface area contributed by atoms with Crippen LogP contribution in [0, 0.1) is 5.82 Å². The molecule has 0 saturated carbocycles. The highest BCUT2D eigenvalue weighted by atomic mass is 19.1. The molecule has 0 N–H and O–H groups in total. The standard InChI is InChI=1S/C15H17FN2O3/c16-12-3-1-2-11(10-12)14(19)18-7-5-17(6-8-18)13-4-9-21-15(13)20/h1-3,10,13H,4-9H2/t13-/m0/s1. The third-order valence-corrected chi connectivity index (χ3v) is 4.02. The van der Waals surface area contributed by atoms with Crippen LogP contribution in [-0.2, 0) is 9.53 Å². The van der Waals surface area contributed by atoms with E-state index in [1.165, 1.54) is 18.2 Å². The third kappa shape index (κ3) is 2.90. The van der Waals surface area contributed by atoms with Gasteiger partial charge in [0.25, 0.3) is 5.91 Å². The molecule has 21 heavy (non-hydrogen) atoms. The maximum Gasteiger partial charge on any atom is 0.323 e. The quantitative estimate of drug-likeness (QED) is 0.760. The van der Waals surface area contributed by atoms with E-state index in [2.05, 4.69) is 4.90 Å². The lowest BCUT2D eigenvalue weighted by Crippen LogP contribution is -2.53. The van der Waals surface area contributed by atoms with Gasteiger partial charge in [0.15, 0.2) is 0 Å². The van der Waals surface area contributed by atoms with Gasteiger partial charge in [-0.3, -0.25) is 14.5 Å². The number of ether oxygens (including phenoxy) is 1. The van der Waals surface area contributed by atoms with Crippen LogP contribution < -0.4 is 0 Å². The summed E-state index contributed by atoms with van der Waals surface area (Å²) in [6.45, 7) is 2.84. The molecular formula is C15H17FN2O3. The summed E-state index contributed by atoms with van der Waals surface area (Å²) in [7, 11) is 0. The van der Waals surface area contributed by atoms with Crippen LogP contribution in [0.1, 0.15) is 16.8 Å². The number of carbonyl (C=O) groups excluding carboxylic acids is 2. The molecule has 2 aliphatic rings. The number of esters is 1. The summed E-state index contributed by atoms with van der Waals surface area (Å²) in [6, 6.07) is 5.56. The lowest BCUT2D eigenvalue weighted by molar-refractivity contribution is -0.142. The third-order valence-electron chi connectivity index (χ3n) is 4.02. The molecule has 5 nitrogen and oxygen atoms in total. The Morgan fingerprint density at radius 2 is 2.00 bits per heavy atom. The predicted molar refractivity (Wildman–Crippen MR) is 73.2 cm³/mol. The smallest absolute Gasteiger partial charge is 0.323 e. The van der Waals surface area contributed by atoms with Crippen molar-refractivity contribution in [2.75, 3.05) is 32.8 Å². The van der Waals surface area contributed by atoms with Gasteiger partial charge in [-0.2, -0.15) is 0 Å². The molecule has 0 spiro atoms. The number of amides is 1. The summed E-state index contributed by atoms with van der Waals surface area (Å²) in [5, 5.41) is 0. The van der Waals surface area contributed by atoms with Crippen LogP contribution in [-0.4, -0.2) is 60.5 Å². The second kappa shape index (κ2) is 5.81. The minimum atomic E-state index is -0.409. The molecule has 2 saturated heterocycles. The van der Waals surface area contributed by atoms with Crippen LogP contribution >= 0.6 is 0 Å². The maximum atomic E-state index is 13.2. The largest absolute Gasteiger partial charge is 0.464 e. The van der Waals surface area contributed by atoms with Gasteiger partial charge in [0.1, 0.15) is 11.9 Å². The molecule has 0 aromatic heterocycles. The first-order chi connectivity index (χ1) is 10.1. The average molecular weight is 292 g/mol. The van der Waals surface area contributed by atoms with Crippen molar-refractivity contribution in [3.63, 3.8) is 0 Å². The van der Waals surface area contributed by atoms with Gasteiger partial charge in [0, 0.05) is 38.2 Å². The van der Waals surface area contributed by atoms with Crippen molar-refractivity contribution in [3.8, 4) is 0 Å². The first-order valence-electron chi connectivity index (χ1n) is 7.11. The van der Waals surface area contributed by atoms with Crippen molar-refractivity contribution in [2.24, 2.45) is 0 Å². The van der Waals surface area contributed by atoms with E-state index >= 15 is 0 Å². The summed E-state index contributed by atoms with van der Waals surface area (Å²) in [6.07, 6.45) is 0.719. The van der Waals surface area contributed by atoms with Crippen molar-refractivity contribution >= 4 is 11.9 Å². The molecule has 0 unspecified atom stereocenters. The number of rotatable bonds is 2. The van der Waals surface area contributed by atoms with E-state index < -0.39 is 5.82 Å². The molecule has 2 fully saturated rings. The molecule has 3 rings (SSSR count). The Hall–Kier alpha value is -1.95. The van der Waals surface area contributed by atoms with Crippen LogP contribution in [0.2, 0.25) is 0 Å². The van der Waals surface area contributed by atoms with Gasteiger partial charge in [-0.15, -0.1) is 0 Å². The van der Waals surface area contributed by atoms with Crippen LogP contribution in [0.15, 0.2) is 24.3 Å². The van der Waals surface area contributed by atoms with Crippen molar-refractivity contribution < 1.29 is 18.7 Å². The fourth-order valence-electron chi connectivity index (χ4n) is 2.86. The summed E-state index contributed by atoms with van der Waals surface area (Å²) in [5.41, 5.74) is 0.365. The van der Waals surface area contributed by atoms with Crippen LogP contribution in [0.25, 0.3) is 0 Å². The fourth-order valence-corrected chi connectivity index (χ4v) is 2.86. The number of halogens is 1. The Morgan fingerprint density at radius 3 is 2.62 bits per heavy atom. The Bertz CT molecular complexity index is 556. The molecule has 6 heteroatoms. The molecule has 1 amide bonds. The molecule has 0 aliphatic carbocycles. The van der Waals surface area contributed by atoms with E-state index in [0.717, 1.165) is 6.42 Å². The predicted octanol–water partition coefficient (Wildman–Crippen LogP) is 0.899. The van der Waals surface area contributed by atoms with Gasteiger partial charge in [0.2, 0.25) is 0 Å². The number of cyclic esters (lactones) is 1. The van der Waals surface area contributed by atoms with E-state index in [0.29, 0.717) is 38.3 Å². The van der Waals surface area contributed by atoms with Crippen molar-refractivity contribution in [3.05, 3.63) is 35.6 Å². The highest BCUT2D eigenvalue weighted by molar-refractivity contribution is 5.94. The Kier molecular flexibility index (Phi) is 3.88. The maximum absolute atomic E-state index is 13.2. The number of nitrogens with zero attached hydrogens (tertiary/aromatic N) is 2. The van der Waals surface area contributed by atoms with Gasteiger partial charge in [0.05, 0.1) is 6.61 Å². The van der Waals surface area contributed by atoms with Gasteiger partial charge in [-0.05, 0) is 18.2 Å². The molecule has 1 atom stereocenters. The minimum Gasteiger partial charge on any atom is -0.464 e. The highest BCUT2D eigenvalue weighted by Gasteiger charge is 2.34. The van der Waals surface area contributed by atoms with E-state index in [1.807, 2.05) is 0 Å². The van der Waals surface area contributed by atoms with E-state index in [1.54, 1.807) is 11.0 Å². The topological polar surface area (TPSA) is 49.9 Å². The summed E-state index contributed by atoms with van der Waals surface area (Å²) >= 11 is 0. The molecule has 112 valence electrons. The van der Waals surface area contributed by atoms with Crippen LogP contribution in [0.4, 0.5) is 4.39 Å². The summed E-state index contributed by atoms with van der Waals surface area (Å²) < 4.78 is 18.1. The summed E-state index contributed by atoms with van der Waals surface area (Å²) in [5.74, 6) is -0.740. The molecule has 2 aliphatic heterocycles. The first kappa shape index (κ1) is 14.0. The number of carbonyl (C=O) groups is 2. The van der Waals surface area contributed by atoms with Crippen LogP contribution in [0.3, 0.4) is 0 Å². The van der Waals surface area contributed by atoms with E-state index in [-0.39, 0.29) is 17.9 Å². The second-order valence-electron chi connectivity index (χ2n) is 5.31. The van der Waals surface area contributed by atoms with Gasteiger partial charge in [-0.25, -0.2) is 4.39 Å². The van der Waals surface area contributed by atoms with Crippen molar-refractivity contribution in [1.29, 1.82) is 0 Å². The first-order valence-corrected chi connectivity index (χ1v) is 7.11. The van der Waals surface area contributed by atoms with Gasteiger partial charge >= 0.3 is 5.97 Å². The van der Waals surface area contributed by atoms with Crippen LogP contribution in [0.5, 0.6) is 0 Å². The zero-order valence-corrected chi connectivity index (χ0v) is 11.6. The Morgan fingerprint density at radius 1 is 1.24 bits per heavy atom. The number of benzene rings is 1. The fraction of sp³-hybridized carbons (Fsp3) is 0.467. The van der Waals surface area contributed by atoms with E-state index in [9.17, 15) is 14.0 Å². The van der Waals surface area contributed by atoms with Crippen molar-refractivity contribution in [1.82, 2.24) is 9.80 Å². The lowest BCUT2D eigenvalue weighted by atomic mass is 10.1. The zero-order valence-electron chi connectivity index (χ0n) is 11.6. The molecule has 2 heterocycles. The zero-order chi connectivity index (χ0) is 14.8. The summed E-state index contributed by atoms with van der Waals surface area (Å²) in [4.78, 5) is 27.6. The van der Waals surface area contributed by atoms with Gasteiger partial charge < -0.3 is 9.64 Å². The SMILES string of the molecule is O=C1OCC[C@@H]1N1CCN(C(=O)c2cccc(F)c2)CC1.